The van der Waals surface area contributed by atoms with Crippen molar-refractivity contribution in [2.75, 3.05) is 31.5 Å². The Hall–Kier alpha value is -5.62. The second-order valence-corrected chi connectivity index (χ2v) is 11.9. The highest BCUT2D eigenvalue weighted by molar-refractivity contribution is 5.98. The number of nitrogens with two attached hydrogens (primary N) is 1. The highest BCUT2D eigenvalue weighted by Gasteiger charge is 2.29. The van der Waals surface area contributed by atoms with Gasteiger partial charge in [0.15, 0.2) is 0 Å². The van der Waals surface area contributed by atoms with Gasteiger partial charge in [-0.2, -0.15) is 0 Å². The molecule has 0 bridgehead atoms. The van der Waals surface area contributed by atoms with Crippen molar-refractivity contribution >= 4 is 53.5 Å². The second kappa shape index (κ2) is 20.6. The summed E-state index contributed by atoms with van der Waals surface area (Å²) in [6.45, 7) is 6.76. The first-order valence-corrected chi connectivity index (χ1v) is 15.2. The number of benzene rings is 1. The Bertz CT molecular complexity index is 1330. The van der Waals surface area contributed by atoms with Crippen LogP contribution in [-0.4, -0.2) is 96.8 Å². The van der Waals surface area contributed by atoms with E-state index in [-0.39, 0.29) is 26.0 Å². The number of alkyl carbamates (subject to hydrolysis) is 1. The summed E-state index contributed by atoms with van der Waals surface area (Å²) >= 11 is 0. The van der Waals surface area contributed by atoms with Crippen LogP contribution in [0.5, 0.6) is 0 Å². The summed E-state index contributed by atoms with van der Waals surface area (Å²) in [5.74, 6) is -3.85. The molecule has 1 aromatic carbocycles. The van der Waals surface area contributed by atoms with Crippen molar-refractivity contribution in [3.8, 4) is 0 Å². The van der Waals surface area contributed by atoms with Crippen LogP contribution < -0.4 is 43.0 Å². The number of hydrogen-bond donors (Lipinski definition) is 9. The van der Waals surface area contributed by atoms with Gasteiger partial charge in [-0.1, -0.05) is 26.0 Å². The van der Waals surface area contributed by atoms with Crippen LogP contribution in [0.2, 0.25) is 0 Å². The van der Waals surface area contributed by atoms with Gasteiger partial charge in [0.1, 0.15) is 30.8 Å². The Morgan fingerprint density at radius 2 is 1.37 bits per heavy atom. The maximum absolute atomic E-state index is 13.3. The van der Waals surface area contributed by atoms with Crippen molar-refractivity contribution in [3.63, 3.8) is 0 Å². The number of hydrogen-bond acceptors (Lipinski definition) is 10. The lowest BCUT2D eigenvalue weighted by atomic mass is 10.0. The third-order valence-corrected chi connectivity index (χ3v) is 6.14. The van der Waals surface area contributed by atoms with E-state index in [1.165, 1.54) is 12.1 Å². The molecule has 0 fully saturated rings. The number of urea groups is 1. The van der Waals surface area contributed by atoms with Crippen molar-refractivity contribution in [3.05, 3.63) is 29.8 Å². The molecule has 0 unspecified atom stereocenters. The van der Waals surface area contributed by atoms with E-state index in [1.54, 1.807) is 46.8 Å². The summed E-state index contributed by atoms with van der Waals surface area (Å²) < 4.78 is 9.52. The van der Waals surface area contributed by atoms with Crippen LogP contribution in [0.4, 0.5) is 20.1 Å². The fourth-order valence-corrected chi connectivity index (χ4v) is 3.82. The molecule has 2 atom stereocenters. The van der Waals surface area contributed by atoms with Crippen molar-refractivity contribution in [2.24, 2.45) is 11.7 Å². The molecule has 0 saturated carbocycles. The quantitative estimate of drug-likeness (QED) is 0.0707. The molecule has 19 nitrogen and oxygen atoms in total. The number of carbonyl (C=O) groups is 8. The molecule has 0 heterocycles. The number of carbonyl (C=O) groups excluding carboxylic acids is 7. The molecule has 0 radical (unpaired) electrons. The van der Waals surface area contributed by atoms with Crippen molar-refractivity contribution < 1.29 is 52.9 Å². The fourth-order valence-electron chi connectivity index (χ4n) is 3.82. The van der Waals surface area contributed by atoms with E-state index in [4.69, 9.17) is 15.6 Å². The van der Waals surface area contributed by atoms with Crippen LogP contribution in [0.3, 0.4) is 0 Å². The maximum atomic E-state index is 13.3. The van der Waals surface area contributed by atoms with Gasteiger partial charge in [0.2, 0.25) is 29.5 Å². The monoisotopic (exact) mass is 694 g/mol. The molecule has 10 N–H and O–H groups in total. The number of carboxylic acid groups (broad SMARTS) is 1. The first kappa shape index (κ1) is 41.4. The van der Waals surface area contributed by atoms with Gasteiger partial charge >= 0.3 is 18.3 Å². The largest absolute Gasteiger partial charge is 0.506 e. The highest BCUT2D eigenvalue weighted by atomic mass is 16.7. The topological polar surface area (TPSA) is 285 Å². The normalized spacial score (nSPS) is 12.0. The van der Waals surface area contributed by atoms with Crippen LogP contribution >= 0.6 is 0 Å². The lowest BCUT2D eigenvalue weighted by Gasteiger charge is -2.25. The fraction of sp³-hybridized carbons (Fsp3) is 0.533. The standard InChI is InChI=1S/C30H46N8O11/c1-17(2)24(38-23(41)15-34-21(39)13-33-22(40)14-35-28(45)49-30(3,4)5)26(43)37-20(7-6-12-32-27(31)44)25(42)36-19-10-8-18(9-11-19)16-48-29(46)47/h8-11,17,20,24H,6-7,12-16H2,1-5H3,(H,33,40)(H,34,39)(H,35,45)(H,36,42)(H,37,43)(H,38,41)(H,46,47)(H3,31,32,44)/t20-,24-/m0/s1. The minimum atomic E-state index is -1.43. The lowest BCUT2D eigenvalue weighted by Crippen LogP contribution is -2.56. The predicted octanol–water partition coefficient (Wildman–Crippen LogP) is -0.349. The van der Waals surface area contributed by atoms with E-state index in [0.717, 1.165) is 0 Å². The van der Waals surface area contributed by atoms with Crippen LogP contribution in [0.1, 0.15) is 53.0 Å². The zero-order chi connectivity index (χ0) is 37.1. The number of nitrogens with one attached hydrogen (secondary N) is 7. The molecule has 0 saturated heterocycles. The van der Waals surface area contributed by atoms with Crippen molar-refractivity contribution in [1.29, 1.82) is 0 Å². The van der Waals surface area contributed by atoms with Crippen LogP contribution in [0, 0.1) is 5.92 Å². The number of primary amides is 1. The first-order chi connectivity index (χ1) is 22.9. The van der Waals surface area contributed by atoms with Gasteiger partial charge in [-0.05, 0) is 57.2 Å². The van der Waals surface area contributed by atoms with Gasteiger partial charge in [0, 0.05) is 12.2 Å². The Labute approximate surface area is 283 Å². The predicted molar refractivity (Wildman–Crippen MR) is 174 cm³/mol. The van der Waals surface area contributed by atoms with Crippen molar-refractivity contribution in [1.82, 2.24) is 31.9 Å². The van der Waals surface area contributed by atoms with E-state index in [1.807, 2.05) is 0 Å². The third-order valence-electron chi connectivity index (χ3n) is 6.14. The summed E-state index contributed by atoms with van der Waals surface area (Å²) in [5, 5.41) is 25.7. The molecule has 272 valence electrons. The third kappa shape index (κ3) is 19.0. The molecular weight excluding hydrogens is 648 g/mol. The van der Waals surface area contributed by atoms with Crippen LogP contribution in [0.25, 0.3) is 0 Å². The van der Waals surface area contributed by atoms with Gasteiger partial charge in [-0.25, -0.2) is 14.4 Å². The van der Waals surface area contributed by atoms with Gasteiger partial charge in [-0.3, -0.25) is 24.0 Å². The molecule has 0 aliphatic heterocycles. The molecule has 0 aliphatic rings. The smallest absolute Gasteiger partial charge is 0.450 e. The maximum Gasteiger partial charge on any atom is 0.506 e. The van der Waals surface area contributed by atoms with Crippen LogP contribution in [0.15, 0.2) is 24.3 Å². The molecule has 0 aromatic heterocycles. The lowest BCUT2D eigenvalue weighted by molar-refractivity contribution is -0.132. The molecule has 8 amide bonds. The number of amides is 8. The molecule has 0 aliphatic carbocycles. The summed E-state index contributed by atoms with van der Waals surface area (Å²) in [5.41, 5.74) is 5.22. The Morgan fingerprint density at radius 3 is 1.90 bits per heavy atom. The number of rotatable bonds is 18. The Kier molecular flexibility index (Phi) is 17.4. The number of ether oxygens (including phenoxy) is 2. The average molecular weight is 695 g/mol. The Balaban J connectivity index is 2.74. The van der Waals surface area contributed by atoms with Gasteiger partial charge in [0.05, 0.1) is 13.1 Å². The molecule has 1 aromatic rings. The number of anilines is 1. The molecule has 49 heavy (non-hydrogen) atoms. The average Bonchev–Trinajstić information content (AvgIpc) is 3.00. The molecule has 19 heteroatoms. The molecule has 0 spiro atoms. The highest BCUT2D eigenvalue weighted by Crippen LogP contribution is 2.13. The minimum Gasteiger partial charge on any atom is -0.450 e. The summed E-state index contributed by atoms with van der Waals surface area (Å²) in [6.07, 6.45) is -1.91. The summed E-state index contributed by atoms with van der Waals surface area (Å²) in [6, 6.07) is 3.14. The van der Waals surface area contributed by atoms with E-state index in [2.05, 4.69) is 42.0 Å². The summed E-state index contributed by atoms with van der Waals surface area (Å²) in [4.78, 5) is 96.4. The zero-order valence-corrected chi connectivity index (χ0v) is 28.1. The van der Waals surface area contributed by atoms with Crippen molar-refractivity contribution in [2.45, 2.75) is 71.8 Å². The van der Waals surface area contributed by atoms with Gasteiger partial charge in [0.25, 0.3) is 0 Å². The second-order valence-electron chi connectivity index (χ2n) is 11.9. The minimum absolute atomic E-state index is 0.0796. The van der Waals surface area contributed by atoms with Crippen LogP contribution in [-0.2, 0) is 40.1 Å². The molecular formula is C30H46N8O11. The SMILES string of the molecule is CC(C)[C@H](NC(=O)CNC(=O)CNC(=O)CNC(=O)OC(C)(C)C)C(=O)N[C@@H](CCCNC(N)=O)C(=O)Nc1ccc(COC(=O)O)cc1. The van der Waals surface area contributed by atoms with E-state index in [0.29, 0.717) is 11.3 Å². The summed E-state index contributed by atoms with van der Waals surface area (Å²) in [7, 11) is 0. The first-order valence-electron chi connectivity index (χ1n) is 15.2. The zero-order valence-electron chi connectivity index (χ0n) is 28.1. The van der Waals surface area contributed by atoms with E-state index < -0.39 is 91.1 Å². The van der Waals surface area contributed by atoms with E-state index >= 15 is 0 Å². The Morgan fingerprint density at radius 1 is 0.796 bits per heavy atom. The van der Waals surface area contributed by atoms with Gasteiger partial charge in [-0.15, -0.1) is 0 Å². The van der Waals surface area contributed by atoms with Gasteiger partial charge < -0.3 is 57.5 Å². The van der Waals surface area contributed by atoms with E-state index in [9.17, 15) is 38.4 Å². The molecule has 1 rings (SSSR count).